The molecule has 0 fully saturated rings. The summed E-state index contributed by atoms with van der Waals surface area (Å²) in [5.41, 5.74) is 5.04. The first-order valence-corrected chi connectivity index (χ1v) is 3.81. The van der Waals surface area contributed by atoms with Crippen LogP contribution in [0.25, 0.3) is 0 Å². The van der Waals surface area contributed by atoms with Gasteiger partial charge in [-0.2, -0.15) is 6.21 Å². The summed E-state index contributed by atoms with van der Waals surface area (Å²) < 4.78 is 0. The van der Waals surface area contributed by atoms with Crippen molar-refractivity contribution in [1.29, 1.82) is 0 Å². The number of benzene rings is 1. The van der Waals surface area contributed by atoms with E-state index in [1.54, 1.807) is 0 Å². The molecule has 14 heavy (non-hydrogen) atoms. The van der Waals surface area contributed by atoms with Gasteiger partial charge >= 0.3 is 0 Å². The van der Waals surface area contributed by atoms with Crippen molar-refractivity contribution in [3.05, 3.63) is 28.8 Å². The standard InChI is InChI=1S/C10H10N.3Y/c1-7-5-8(2)10-9(6-7)3-4-11-10;;;/h5-6H,3H2,1-2H3;;;/q-1;;;. The topological polar surface area (TPSA) is 12.4 Å². The average Bonchev–Trinajstić information content (AvgIpc) is 2.34. The molecule has 1 aromatic carbocycles. The van der Waals surface area contributed by atoms with Crippen molar-refractivity contribution in [2.75, 3.05) is 0 Å². The summed E-state index contributed by atoms with van der Waals surface area (Å²) in [5.74, 6) is 0. The van der Waals surface area contributed by atoms with E-state index in [1.165, 1.54) is 16.7 Å². The molecule has 2 rings (SSSR count). The van der Waals surface area contributed by atoms with Gasteiger partial charge in [-0.1, -0.05) is 36.7 Å². The van der Waals surface area contributed by atoms with Gasteiger partial charge in [0, 0.05) is 98.1 Å². The number of hydrogen-bond acceptors (Lipinski definition) is 1. The summed E-state index contributed by atoms with van der Waals surface area (Å²) in [4.78, 5) is 4.19. The van der Waals surface area contributed by atoms with E-state index in [-0.39, 0.29) is 98.1 Å². The fraction of sp³-hybridized carbons (Fsp3) is 0.300. The maximum atomic E-state index is 4.19. The molecule has 1 heterocycles. The Bertz CT molecular complexity index is 334. The van der Waals surface area contributed by atoms with Crippen molar-refractivity contribution in [3.63, 3.8) is 0 Å². The molecule has 1 aliphatic rings. The molecule has 0 aliphatic carbocycles. The largest absolute Gasteiger partial charge is 0.455 e. The minimum atomic E-state index is 0. The average molecular weight is 411 g/mol. The molecule has 0 N–H and O–H groups in total. The molecule has 4 heteroatoms. The molecule has 1 aromatic rings. The van der Waals surface area contributed by atoms with Crippen LogP contribution in [0.2, 0.25) is 0 Å². The molecular formula is C10H10NY3-. The summed E-state index contributed by atoms with van der Waals surface area (Å²) in [6, 6.07) is 4.35. The molecule has 1 aliphatic heterocycles. The van der Waals surface area contributed by atoms with Crippen molar-refractivity contribution >= 4 is 11.9 Å². The van der Waals surface area contributed by atoms with Crippen LogP contribution in [0.1, 0.15) is 16.7 Å². The Hall–Kier alpha value is 2.20. The Labute approximate surface area is 161 Å². The predicted octanol–water partition coefficient (Wildman–Crippen LogP) is 2.43. The first-order chi connectivity index (χ1) is 5.27. The van der Waals surface area contributed by atoms with Crippen LogP contribution in [0.4, 0.5) is 5.69 Å². The van der Waals surface area contributed by atoms with Crippen molar-refractivity contribution in [1.82, 2.24) is 0 Å². The van der Waals surface area contributed by atoms with Gasteiger partial charge in [0.05, 0.1) is 0 Å². The van der Waals surface area contributed by atoms with Crippen LogP contribution in [-0.4, -0.2) is 6.21 Å². The molecule has 0 aromatic heterocycles. The third kappa shape index (κ3) is 4.23. The van der Waals surface area contributed by atoms with Gasteiger partial charge in [0.1, 0.15) is 0 Å². The fourth-order valence-corrected chi connectivity index (χ4v) is 1.55. The van der Waals surface area contributed by atoms with Crippen molar-refractivity contribution in [3.8, 4) is 0 Å². The van der Waals surface area contributed by atoms with Gasteiger partial charge in [0.25, 0.3) is 0 Å². The number of fused-ring (bicyclic) bond motifs is 1. The SMILES string of the molecule is Cc1cc(C)c2c(c1)C[C-]=N2.[Y].[Y].[Y]. The molecule has 0 bridgehead atoms. The number of aryl methyl sites for hydroxylation is 2. The second-order valence-corrected chi connectivity index (χ2v) is 3.04. The van der Waals surface area contributed by atoms with Crippen molar-refractivity contribution < 1.29 is 98.1 Å². The Morgan fingerprint density at radius 1 is 1.14 bits per heavy atom. The van der Waals surface area contributed by atoms with Crippen LogP contribution >= 0.6 is 0 Å². The van der Waals surface area contributed by atoms with Gasteiger partial charge in [-0.15, -0.1) is 11.1 Å². The van der Waals surface area contributed by atoms with Crippen LogP contribution in [0.3, 0.4) is 0 Å². The van der Waals surface area contributed by atoms with Crippen molar-refractivity contribution in [2.24, 2.45) is 4.99 Å². The molecular weight excluding hydrogens is 401 g/mol. The van der Waals surface area contributed by atoms with Gasteiger partial charge in [-0.05, 0) is 6.92 Å². The molecule has 65 valence electrons. The second-order valence-electron chi connectivity index (χ2n) is 3.04. The molecule has 0 atom stereocenters. The number of aliphatic imine (C=N–C) groups is 1. The molecule has 0 amide bonds. The number of rotatable bonds is 0. The number of nitrogens with zero attached hydrogens (tertiary/aromatic N) is 1. The summed E-state index contributed by atoms with van der Waals surface area (Å²) in [6.07, 6.45) is 3.87. The maximum Gasteiger partial charge on any atom is 0 e. The second kappa shape index (κ2) is 8.32. The molecule has 0 saturated carbocycles. The molecule has 0 saturated heterocycles. The van der Waals surface area contributed by atoms with Gasteiger partial charge in [-0.3, -0.25) is 0 Å². The van der Waals surface area contributed by atoms with E-state index in [0.717, 1.165) is 12.1 Å². The van der Waals surface area contributed by atoms with E-state index < -0.39 is 0 Å². The third-order valence-electron chi connectivity index (χ3n) is 1.98. The van der Waals surface area contributed by atoms with E-state index >= 15 is 0 Å². The molecule has 3 radical (unpaired) electrons. The van der Waals surface area contributed by atoms with Crippen LogP contribution in [0, 0.1) is 13.8 Å². The summed E-state index contributed by atoms with van der Waals surface area (Å²) >= 11 is 0. The van der Waals surface area contributed by atoms with E-state index in [1.807, 2.05) is 0 Å². The Morgan fingerprint density at radius 2 is 1.79 bits per heavy atom. The van der Waals surface area contributed by atoms with Crippen molar-refractivity contribution in [2.45, 2.75) is 20.3 Å². The van der Waals surface area contributed by atoms with E-state index in [4.69, 9.17) is 0 Å². The van der Waals surface area contributed by atoms with Crippen LogP contribution < -0.4 is 0 Å². The fourth-order valence-electron chi connectivity index (χ4n) is 1.55. The predicted molar refractivity (Wildman–Crippen MR) is 46.7 cm³/mol. The molecule has 0 spiro atoms. The Morgan fingerprint density at radius 3 is 2.43 bits per heavy atom. The first-order valence-electron chi connectivity index (χ1n) is 3.81. The van der Waals surface area contributed by atoms with Gasteiger partial charge in [0.15, 0.2) is 0 Å². The Balaban J connectivity index is 0. The van der Waals surface area contributed by atoms with Crippen LogP contribution in [-0.2, 0) is 105 Å². The summed E-state index contributed by atoms with van der Waals surface area (Å²) in [5, 5.41) is 0. The molecule has 1 nitrogen and oxygen atoms in total. The van der Waals surface area contributed by atoms with Gasteiger partial charge < -0.3 is 4.99 Å². The minimum absolute atomic E-state index is 0. The summed E-state index contributed by atoms with van der Waals surface area (Å²) in [7, 11) is 0. The van der Waals surface area contributed by atoms with E-state index in [2.05, 4.69) is 37.2 Å². The quantitative estimate of drug-likeness (QED) is 0.582. The zero-order valence-electron chi connectivity index (χ0n) is 8.54. The van der Waals surface area contributed by atoms with E-state index in [9.17, 15) is 0 Å². The maximum absolute atomic E-state index is 4.19. The molecule has 0 unspecified atom stereocenters. The zero-order chi connectivity index (χ0) is 7.84. The summed E-state index contributed by atoms with van der Waals surface area (Å²) in [6.45, 7) is 4.22. The normalized spacial score (nSPS) is 10.7. The Kier molecular flexibility index (Phi) is 11.0. The van der Waals surface area contributed by atoms with Crippen LogP contribution in [0.15, 0.2) is 17.1 Å². The minimum Gasteiger partial charge on any atom is -0.455 e. The number of hydrogen-bond donors (Lipinski definition) is 0. The van der Waals surface area contributed by atoms with Crippen LogP contribution in [0.5, 0.6) is 0 Å². The van der Waals surface area contributed by atoms with E-state index in [0.29, 0.717) is 0 Å². The van der Waals surface area contributed by atoms with Gasteiger partial charge in [-0.25, -0.2) is 0 Å². The monoisotopic (exact) mass is 411 g/mol. The zero-order valence-corrected chi connectivity index (χ0v) is 17.1. The third-order valence-corrected chi connectivity index (χ3v) is 1.98. The van der Waals surface area contributed by atoms with Gasteiger partial charge in [0.2, 0.25) is 0 Å². The first kappa shape index (κ1) is 18.6. The smallest absolute Gasteiger partial charge is 0 e.